The summed E-state index contributed by atoms with van der Waals surface area (Å²) in [7, 11) is 0. The van der Waals surface area contributed by atoms with E-state index >= 15 is 0 Å². The molecule has 8 nitrogen and oxygen atoms in total. The van der Waals surface area contributed by atoms with Crippen LogP contribution >= 0.6 is 11.3 Å². The minimum absolute atomic E-state index is 0.0867. The van der Waals surface area contributed by atoms with Gasteiger partial charge in [0.15, 0.2) is 11.6 Å². The molecule has 1 unspecified atom stereocenters. The first-order chi connectivity index (χ1) is 15.5. The average molecular weight is 456 g/mol. The van der Waals surface area contributed by atoms with Gasteiger partial charge < -0.3 is 14.6 Å². The van der Waals surface area contributed by atoms with Crippen molar-refractivity contribution in [2.24, 2.45) is 0 Å². The van der Waals surface area contributed by atoms with Gasteiger partial charge in [0, 0.05) is 37.1 Å². The minimum Gasteiger partial charge on any atom is -0.453 e. The van der Waals surface area contributed by atoms with Crippen molar-refractivity contribution in [1.29, 1.82) is 0 Å². The fraction of sp³-hybridized carbons (Fsp3) is 0.273. The van der Waals surface area contributed by atoms with Gasteiger partial charge in [0.05, 0.1) is 38.1 Å². The smallest absolute Gasteiger partial charge is 0.272 e. The molecule has 0 amide bonds. The van der Waals surface area contributed by atoms with Crippen molar-refractivity contribution in [2.75, 3.05) is 6.54 Å². The lowest BCUT2D eigenvalue weighted by Gasteiger charge is -2.15. The lowest BCUT2D eigenvalue weighted by molar-refractivity contribution is -0.385. The Morgan fingerprint density at radius 3 is 2.81 bits per heavy atom. The Labute approximate surface area is 187 Å². The standard InChI is InChI=1S/C22H22FN5O3S/c1-3-14(24-4-2)11-27-12-18(26-13-27)21-10-17-22(32-21)20(7-8-25-17)31-19-6-5-15(28(29)30)9-16(19)23/h5-10,12-14,24H,3-4,11H2,1-2H3. The zero-order chi connectivity index (χ0) is 22.7. The molecule has 1 atom stereocenters. The topological polar surface area (TPSA) is 95.1 Å². The van der Waals surface area contributed by atoms with Crippen molar-refractivity contribution in [3.05, 3.63) is 65.0 Å². The largest absolute Gasteiger partial charge is 0.453 e. The summed E-state index contributed by atoms with van der Waals surface area (Å²) in [6.07, 6.45) is 6.42. The van der Waals surface area contributed by atoms with Crippen LogP contribution < -0.4 is 10.1 Å². The van der Waals surface area contributed by atoms with E-state index in [1.54, 1.807) is 12.3 Å². The Hall–Kier alpha value is -3.37. The first-order valence-electron chi connectivity index (χ1n) is 10.2. The lowest BCUT2D eigenvalue weighted by atomic mass is 10.2. The highest BCUT2D eigenvalue weighted by molar-refractivity contribution is 7.22. The second-order valence-corrected chi connectivity index (χ2v) is 8.28. The van der Waals surface area contributed by atoms with E-state index < -0.39 is 10.7 Å². The number of benzene rings is 1. The molecule has 0 fully saturated rings. The summed E-state index contributed by atoms with van der Waals surface area (Å²) >= 11 is 1.45. The number of pyridine rings is 1. The van der Waals surface area contributed by atoms with Crippen LogP contribution in [0.3, 0.4) is 0 Å². The van der Waals surface area contributed by atoms with Crippen LogP contribution in [0, 0.1) is 15.9 Å². The van der Waals surface area contributed by atoms with Crippen molar-refractivity contribution >= 4 is 27.2 Å². The highest BCUT2D eigenvalue weighted by Crippen LogP contribution is 2.39. The van der Waals surface area contributed by atoms with Crippen LogP contribution in [0.1, 0.15) is 20.3 Å². The molecule has 10 heteroatoms. The fourth-order valence-electron chi connectivity index (χ4n) is 3.39. The quantitative estimate of drug-likeness (QED) is 0.269. The monoisotopic (exact) mass is 455 g/mol. The number of ether oxygens (including phenoxy) is 1. The molecule has 32 heavy (non-hydrogen) atoms. The van der Waals surface area contributed by atoms with Crippen molar-refractivity contribution in [3.8, 4) is 22.1 Å². The molecule has 0 spiro atoms. The van der Waals surface area contributed by atoms with E-state index in [1.807, 2.05) is 18.6 Å². The second kappa shape index (κ2) is 9.41. The molecule has 0 aliphatic rings. The van der Waals surface area contributed by atoms with Gasteiger partial charge in [0.1, 0.15) is 5.75 Å². The molecule has 166 valence electrons. The van der Waals surface area contributed by atoms with E-state index in [-0.39, 0.29) is 11.4 Å². The highest BCUT2D eigenvalue weighted by Gasteiger charge is 2.16. The summed E-state index contributed by atoms with van der Waals surface area (Å²) in [6.45, 7) is 5.99. The number of hydrogen-bond donors (Lipinski definition) is 1. The first kappa shape index (κ1) is 21.8. The molecule has 0 aliphatic heterocycles. The maximum atomic E-state index is 14.3. The minimum atomic E-state index is -0.800. The number of nitro benzene ring substituents is 1. The molecular weight excluding hydrogens is 433 g/mol. The molecule has 3 aromatic heterocycles. The number of likely N-dealkylation sites (N-methyl/N-ethyl adjacent to an activating group) is 1. The molecule has 4 rings (SSSR count). The molecule has 0 aliphatic carbocycles. The van der Waals surface area contributed by atoms with Crippen LogP contribution in [0.15, 0.2) is 49.1 Å². The molecule has 0 radical (unpaired) electrons. The number of hydrogen-bond acceptors (Lipinski definition) is 7. The van der Waals surface area contributed by atoms with Gasteiger partial charge in [-0.05, 0) is 25.1 Å². The zero-order valence-electron chi connectivity index (χ0n) is 17.6. The molecule has 3 heterocycles. The van der Waals surface area contributed by atoms with Crippen molar-refractivity contribution in [1.82, 2.24) is 19.9 Å². The summed E-state index contributed by atoms with van der Waals surface area (Å²) in [5.74, 6) is -0.459. The van der Waals surface area contributed by atoms with E-state index in [9.17, 15) is 14.5 Å². The number of fused-ring (bicyclic) bond motifs is 1. The Kier molecular flexibility index (Phi) is 6.42. The van der Waals surface area contributed by atoms with E-state index in [2.05, 4.69) is 33.7 Å². The van der Waals surface area contributed by atoms with Crippen molar-refractivity contribution in [2.45, 2.75) is 32.9 Å². The SMILES string of the molecule is CCNC(CC)Cn1cnc(-c2cc3nccc(Oc4ccc([N+](=O)[O-])cc4F)c3s2)c1. The second-order valence-electron chi connectivity index (χ2n) is 7.23. The van der Waals surface area contributed by atoms with Gasteiger partial charge in [-0.2, -0.15) is 0 Å². The molecule has 0 saturated heterocycles. The number of nitrogens with zero attached hydrogens (tertiary/aromatic N) is 4. The number of nitrogens with one attached hydrogen (secondary N) is 1. The van der Waals surface area contributed by atoms with Crippen LogP contribution in [-0.4, -0.2) is 32.0 Å². The van der Waals surface area contributed by atoms with Gasteiger partial charge in [0.25, 0.3) is 5.69 Å². The molecule has 4 aromatic rings. The van der Waals surface area contributed by atoms with E-state index in [0.717, 1.165) is 40.8 Å². The molecular formula is C22H22FN5O3S. The van der Waals surface area contributed by atoms with E-state index in [0.29, 0.717) is 17.3 Å². The predicted octanol–water partition coefficient (Wildman–Crippen LogP) is 5.39. The molecule has 0 saturated carbocycles. The Balaban J connectivity index is 1.60. The number of aromatic nitrogens is 3. The Bertz CT molecular complexity index is 1260. The number of non-ortho nitro benzene ring substituents is 1. The summed E-state index contributed by atoms with van der Waals surface area (Å²) in [6, 6.07) is 7.25. The van der Waals surface area contributed by atoms with Gasteiger partial charge in [-0.15, -0.1) is 11.3 Å². The first-order valence-corrected chi connectivity index (χ1v) is 11.1. The number of halogens is 1. The highest BCUT2D eigenvalue weighted by atomic mass is 32.1. The third-order valence-electron chi connectivity index (χ3n) is 5.02. The summed E-state index contributed by atoms with van der Waals surface area (Å²) in [5.41, 5.74) is 1.20. The maximum absolute atomic E-state index is 14.3. The van der Waals surface area contributed by atoms with Crippen molar-refractivity contribution in [3.63, 3.8) is 0 Å². The van der Waals surface area contributed by atoms with E-state index in [4.69, 9.17) is 4.74 Å². The molecule has 1 aromatic carbocycles. The van der Waals surface area contributed by atoms with E-state index in [1.165, 1.54) is 23.5 Å². The normalized spacial score (nSPS) is 12.2. The van der Waals surface area contributed by atoms with Crippen LogP contribution in [0.5, 0.6) is 11.5 Å². The Morgan fingerprint density at radius 1 is 1.25 bits per heavy atom. The van der Waals surface area contributed by atoms with Gasteiger partial charge in [-0.25, -0.2) is 9.37 Å². The number of rotatable bonds is 9. The predicted molar refractivity (Wildman–Crippen MR) is 122 cm³/mol. The fourth-order valence-corrected chi connectivity index (χ4v) is 4.42. The molecule has 1 N–H and O–H groups in total. The number of thiophene rings is 1. The third-order valence-corrected chi connectivity index (χ3v) is 6.19. The summed E-state index contributed by atoms with van der Waals surface area (Å²) in [4.78, 5) is 20.0. The molecule has 0 bridgehead atoms. The van der Waals surface area contributed by atoms with Gasteiger partial charge >= 0.3 is 0 Å². The summed E-state index contributed by atoms with van der Waals surface area (Å²) in [5, 5.41) is 14.3. The third kappa shape index (κ3) is 4.61. The van der Waals surface area contributed by atoms with Gasteiger partial charge in [-0.1, -0.05) is 13.8 Å². The Morgan fingerprint density at radius 2 is 2.09 bits per heavy atom. The number of nitro groups is 1. The van der Waals surface area contributed by atoms with Crippen LogP contribution in [0.2, 0.25) is 0 Å². The van der Waals surface area contributed by atoms with Gasteiger partial charge in [-0.3, -0.25) is 15.1 Å². The zero-order valence-corrected chi connectivity index (χ0v) is 18.4. The van der Waals surface area contributed by atoms with Crippen molar-refractivity contribution < 1.29 is 14.1 Å². The lowest BCUT2D eigenvalue weighted by Crippen LogP contribution is -2.32. The summed E-state index contributed by atoms with van der Waals surface area (Å²) < 4.78 is 22.8. The van der Waals surface area contributed by atoms with Crippen LogP contribution in [0.25, 0.3) is 20.8 Å². The van der Waals surface area contributed by atoms with Crippen LogP contribution in [-0.2, 0) is 6.54 Å². The van der Waals surface area contributed by atoms with Gasteiger partial charge in [0.2, 0.25) is 0 Å². The van der Waals surface area contributed by atoms with Crippen LogP contribution in [0.4, 0.5) is 10.1 Å². The average Bonchev–Trinajstić information content (AvgIpc) is 3.42. The maximum Gasteiger partial charge on any atom is 0.272 e. The number of imidazole rings is 1.